The predicted molar refractivity (Wildman–Crippen MR) is 144 cm³/mol. The molecule has 1 saturated heterocycles. The summed E-state index contributed by atoms with van der Waals surface area (Å²) < 4.78 is 31.8. The van der Waals surface area contributed by atoms with Gasteiger partial charge < -0.3 is 25.2 Å². The highest BCUT2D eigenvalue weighted by Crippen LogP contribution is 2.48. The van der Waals surface area contributed by atoms with Crippen molar-refractivity contribution in [3.63, 3.8) is 0 Å². The quantitative estimate of drug-likeness (QED) is 0.205. The lowest BCUT2D eigenvalue weighted by atomic mass is 10.1. The third kappa shape index (κ3) is 7.81. The van der Waals surface area contributed by atoms with Crippen LogP contribution in [0.4, 0.5) is 5.82 Å². The second kappa shape index (κ2) is 13.6. The summed E-state index contributed by atoms with van der Waals surface area (Å²) in [5, 5.41) is 22.2. The van der Waals surface area contributed by atoms with Crippen LogP contribution in [0.25, 0.3) is 0 Å². The Labute approximate surface area is 225 Å². The van der Waals surface area contributed by atoms with E-state index in [9.17, 15) is 24.4 Å². The van der Waals surface area contributed by atoms with Crippen molar-refractivity contribution in [3.05, 3.63) is 53.1 Å². The summed E-state index contributed by atoms with van der Waals surface area (Å²) in [6.45, 7) is 5.07. The van der Waals surface area contributed by atoms with Crippen molar-refractivity contribution < 1.29 is 33.4 Å². The zero-order valence-corrected chi connectivity index (χ0v) is 23.2. The lowest BCUT2D eigenvalue weighted by Crippen LogP contribution is -2.38. The number of nitrogens with one attached hydrogen (secondary N) is 1. The van der Waals surface area contributed by atoms with Gasteiger partial charge in [0.15, 0.2) is 0 Å². The predicted octanol–water partition coefficient (Wildman–Crippen LogP) is 2.46. The number of carbonyl (C=O) groups excluding carboxylic acids is 1. The topological polar surface area (TPSA) is 175 Å². The molecule has 2 heterocycles. The number of aromatic nitrogens is 2. The molecule has 1 aliphatic rings. The van der Waals surface area contributed by atoms with Gasteiger partial charge in [0.05, 0.1) is 18.0 Å². The molecule has 0 radical (unpaired) electrons. The molecule has 0 amide bonds. The van der Waals surface area contributed by atoms with Gasteiger partial charge >= 0.3 is 19.4 Å². The minimum Gasteiger partial charge on any atom is -0.461 e. The van der Waals surface area contributed by atoms with Gasteiger partial charge in [-0.3, -0.25) is 13.9 Å². The minimum absolute atomic E-state index is 0.0295. The highest BCUT2D eigenvalue weighted by atomic mass is 32.2. The van der Waals surface area contributed by atoms with E-state index >= 15 is 0 Å². The Kier molecular flexibility index (Phi) is 10.8. The van der Waals surface area contributed by atoms with Crippen LogP contribution in [0, 0.1) is 0 Å². The second-order valence-corrected chi connectivity index (χ2v) is 11.9. The molecule has 2 unspecified atom stereocenters. The van der Waals surface area contributed by atoms with Crippen molar-refractivity contribution in [1.82, 2.24) is 14.6 Å². The molecule has 1 aromatic carbocycles. The number of esters is 1. The fourth-order valence-corrected chi connectivity index (χ4v) is 6.88. The molecule has 0 aliphatic carbocycles. The zero-order chi connectivity index (χ0) is 27.9. The number of hydrogen-bond acceptors (Lipinski definition) is 11. The first-order valence-electron chi connectivity index (χ1n) is 12.4. The Morgan fingerprint density at radius 2 is 1.95 bits per heavy atom. The number of nitrogens with zero attached hydrogens (tertiary/aromatic N) is 2. The average molecular weight is 571 g/mol. The zero-order valence-electron chi connectivity index (χ0n) is 21.5. The molecule has 2 aromatic rings. The maximum atomic E-state index is 13.8. The molecule has 0 saturated carbocycles. The first-order valence-corrected chi connectivity index (χ1v) is 14.9. The highest BCUT2D eigenvalue weighted by molar-refractivity contribution is 8.00. The number of carbonyl (C=O) groups is 1. The van der Waals surface area contributed by atoms with Crippen LogP contribution in [-0.2, 0) is 18.6 Å². The number of benzene rings is 1. The van der Waals surface area contributed by atoms with Crippen LogP contribution >= 0.6 is 19.5 Å². The SMILES string of the molecule is CCCC(CC)OC(=O)[C@H](C)NP(=O)(OC[C@H]1S[C@@H](n2ccc(N)nc2=O)[C@@H](O)[C@@H]1O)Oc1ccccc1. The Morgan fingerprint density at radius 3 is 2.58 bits per heavy atom. The van der Waals surface area contributed by atoms with Gasteiger partial charge in [0.25, 0.3) is 0 Å². The second-order valence-electron chi connectivity index (χ2n) is 8.89. The first kappa shape index (κ1) is 30.1. The number of nitrogen functional groups attached to an aromatic ring is 1. The number of aliphatic hydroxyl groups excluding tert-OH is 2. The standard InChI is InChI=1S/C24H35N4O8PS/c1-4-9-16(5-2)35-23(31)15(3)27-37(33,36-17-10-7-6-8-11-17)34-14-18-20(29)21(30)22(38-18)28-13-12-19(25)26-24(28)32/h6-8,10-13,15-16,18,20-22,29-30H,4-5,9,14H2,1-3H3,(H,27,33)(H2,25,26,32)/t15-,16?,18+,20+,21-,22+,37?/m0/s1. The van der Waals surface area contributed by atoms with Crippen molar-refractivity contribution in [1.29, 1.82) is 0 Å². The van der Waals surface area contributed by atoms with Crippen LogP contribution in [-0.4, -0.2) is 61.9 Å². The molecule has 3 rings (SSSR count). The van der Waals surface area contributed by atoms with Crippen molar-refractivity contribution in [2.24, 2.45) is 0 Å². The smallest absolute Gasteiger partial charge is 0.459 e. The number of aliphatic hydroxyl groups is 2. The summed E-state index contributed by atoms with van der Waals surface area (Å²) in [6.07, 6.45) is 0.659. The van der Waals surface area contributed by atoms with Crippen LogP contribution in [0.15, 0.2) is 47.4 Å². The number of thioether (sulfide) groups is 1. The van der Waals surface area contributed by atoms with Crippen LogP contribution in [0.1, 0.15) is 45.4 Å². The number of para-hydroxylation sites is 1. The molecule has 1 fully saturated rings. The number of ether oxygens (including phenoxy) is 1. The molecule has 5 N–H and O–H groups in total. The fourth-order valence-electron chi connectivity index (χ4n) is 3.82. The van der Waals surface area contributed by atoms with Gasteiger partial charge in [-0.25, -0.2) is 9.36 Å². The van der Waals surface area contributed by atoms with Gasteiger partial charge in [0.1, 0.15) is 35.2 Å². The molecule has 14 heteroatoms. The van der Waals surface area contributed by atoms with Crippen LogP contribution < -0.4 is 21.0 Å². The molecular formula is C24H35N4O8PS. The van der Waals surface area contributed by atoms with E-state index < -0.39 is 48.3 Å². The summed E-state index contributed by atoms with van der Waals surface area (Å²) in [5.41, 5.74) is 4.85. The van der Waals surface area contributed by atoms with Gasteiger partial charge in [-0.15, -0.1) is 11.8 Å². The van der Waals surface area contributed by atoms with Gasteiger partial charge in [-0.2, -0.15) is 10.1 Å². The van der Waals surface area contributed by atoms with Crippen LogP contribution in [0.3, 0.4) is 0 Å². The van der Waals surface area contributed by atoms with E-state index in [2.05, 4.69) is 10.1 Å². The molecule has 12 nitrogen and oxygen atoms in total. The highest BCUT2D eigenvalue weighted by Gasteiger charge is 2.45. The minimum atomic E-state index is -4.18. The van der Waals surface area contributed by atoms with Crippen molar-refractivity contribution in [3.8, 4) is 5.75 Å². The largest absolute Gasteiger partial charge is 0.461 e. The maximum Gasteiger partial charge on any atom is 0.459 e. The first-order chi connectivity index (χ1) is 18.1. The van der Waals surface area contributed by atoms with E-state index in [-0.39, 0.29) is 24.3 Å². The molecule has 38 heavy (non-hydrogen) atoms. The Balaban J connectivity index is 1.73. The molecule has 1 aromatic heterocycles. The Morgan fingerprint density at radius 1 is 1.24 bits per heavy atom. The lowest BCUT2D eigenvalue weighted by molar-refractivity contribution is -0.151. The van der Waals surface area contributed by atoms with Gasteiger partial charge in [-0.05, 0) is 38.0 Å². The van der Waals surface area contributed by atoms with Gasteiger partial charge in [0.2, 0.25) is 0 Å². The number of rotatable bonds is 13. The Bertz CT molecular complexity index is 1170. The normalized spacial score (nSPS) is 24.3. The number of nitrogens with two attached hydrogens (primary N) is 1. The van der Waals surface area contributed by atoms with Crippen LogP contribution in [0.2, 0.25) is 0 Å². The summed E-state index contributed by atoms with van der Waals surface area (Å²) >= 11 is 1.05. The van der Waals surface area contributed by atoms with Crippen LogP contribution in [0.5, 0.6) is 5.75 Å². The number of anilines is 1. The van der Waals surface area contributed by atoms with E-state index in [4.69, 9.17) is 19.5 Å². The van der Waals surface area contributed by atoms with Crippen molar-refractivity contribution in [2.75, 3.05) is 12.3 Å². The molecule has 0 spiro atoms. The summed E-state index contributed by atoms with van der Waals surface area (Å²) in [5.74, 6) is -0.341. The molecule has 1 aliphatic heterocycles. The molecule has 7 atom stereocenters. The monoisotopic (exact) mass is 570 g/mol. The van der Waals surface area contributed by atoms with Gasteiger partial charge in [0, 0.05) is 6.20 Å². The average Bonchev–Trinajstić information content (AvgIpc) is 3.16. The molecule has 0 bridgehead atoms. The summed E-state index contributed by atoms with van der Waals surface area (Å²) in [6, 6.07) is 8.65. The van der Waals surface area contributed by atoms with E-state index in [1.807, 2.05) is 13.8 Å². The van der Waals surface area contributed by atoms with Crippen molar-refractivity contribution >= 4 is 31.3 Å². The van der Waals surface area contributed by atoms with Gasteiger partial charge in [-0.1, -0.05) is 38.5 Å². The molecular weight excluding hydrogens is 535 g/mol. The van der Waals surface area contributed by atoms with E-state index in [1.165, 1.54) is 19.2 Å². The number of hydrogen-bond donors (Lipinski definition) is 4. The maximum absolute atomic E-state index is 13.8. The summed E-state index contributed by atoms with van der Waals surface area (Å²) in [4.78, 5) is 28.6. The molecule has 210 valence electrons. The van der Waals surface area contributed by atoms with E-state index in [0.717, 1.165) is 22.7 Å². The fraction of sp³-hybridized carbons (Fsp3) is 0.542. The Hall–Kier alpha value is -2.41. The lowest BCUT2D eigenvalue weighted by Gasteiger charge is -2.25. The van der Waals surface area contributed by atoms with E-state index in [1.54, 1.807) is 30.3 Å². The third-order valence-corrected chi connectivity index (χ3v) is 9.09. The van der Waals surface area contributed by atoms with Crippen molar-refractivity contribution in [2.45, 2.75) is 75.0 Å². The third-order valence-electron chi connectivity index (χ3n) is 5.89. The van der Waals surface area contributed by atoms with E-state index in [0.29, 0.717) is 12.8 Å². The summed E-state index contributed by atoms with van der Waals surface area (Å²) in [7, 11) is -4.18.